The second-order valence-electron chi connectivity index (χ2n) is 6.95. The van der Waals surface area contributed by atoms with Crippen LogP contribution in [0.2, 0.25) is 0 Å². The Bertz CT molecular complexity index is 1030. The summed E-state index contributed by atoms with van der Waals surface area (Å²) in [6.45, 7) is 7.87. The van der Waals surface area contributed by atoms with Crippen LogP contribution >= 0.6 is 11.8 Å². The van der Waals surface area contributed by atoms with Gasteiger partial charge in [-0.3, -0.25) is 14.2 Å². The number of benzene rings is 2. The molecule has 0 spiro atoms. The summed E-state index contributed by atoms with van der Waals surface area (Å²) in [5, 5.41) is 4.12. The molecule has 1 amide bonds. The van der Waals surface area contributed by atoms with E-state index in [9.17, 15) is 9.59 Å². The largest absolute Gasteiger partial charge is 0.351 e. The summed E-state index contributed by atoms with van der Waals surface area (Å²) >= 11 is 1.31. The van der Waals surface area contributed by atoms with Gasteiger partial charge in [-0.25, -0.2) is 4.98 Å². The summed E-state index contributed by atoms with van der Waals surface area (Å²) in [4.78, 5) is 32.4. The molecule has 2 aromatic carbocycles. The maximum atomic E-state index is 13.1. The third-order valence-corrected chi connectivity index (χ3v) is 6.00. The van der Waals surface area contributed by atoms with Crippen molar-refractivity contribution in [3.05, 3.63) is 70.5 Å². The van der Waals surface area contributed by atoms with Gasteiger partial charge in [-0.2, -0.15) is 0 Å². The van der Waals surface area contributed by atoms with E-state index >= 15 is 0 Å². The molecule has 6 nitrogen and oxygen atoms in total. The van der Waals surface area contributed by atoms with Crippen LogP contribution in [0.1, 0.15) is 19.4 Å². The third kappa shape index (κ3) is 5.70. The molecule has 0 fully saturated rings. The van der Waals surface area contributed by atoms with Gasteiger partial charge in [0.15, 0.2) is 5.16 Å². The maximum absolute atomic E-state index is 13.1. The molecular formula is C23H28N4O2S. The van der Waals surface area contributed by atoms with Crippen molar-refractivity contribution in [2.45, 2.75) is 32.1 Å². The molecule has 1 heterocycles. The molecule has 0 aliphatic heterocycles. The fourth-order valence-corrected chi connectivity index (χ4v) is 4.07. The van der Waals surface area contributed by atoms with Crippen LogP contribution in [0, 0.1) is 0 Å². The molecule has 0 saturated carbocycles. The molecule has 7 heteroatoms. The predicted octanol–water partition coefficient (Wildman–Crippen LogP) is 3.15. The topological polar surface area (TPSA) is 67.2 Å². The Kier molecular flexibility index (Phi) is 8.04. The molecule has 0 aliphatic rings. The van der Waals surface area contributed by atoms with Crippen LogP contribution in [-0.4, -0.2) is 45.7 Å². The fourth-order valence-electron chi connectivity index (χ4n) is 3.21. The lowest BCUT2D eigenvalue weighted by Gasteiger charge is -2.20. The Hall–Kier alpha value is -2.64. The van der Waals surface area contributed by atoms with Crippen molar-refractivity contribution in [3.63, 3.8) is 0 Å². The third-order valence-electron chi connectivity index (χ3n) is 5.03. The molecule has 1 N–H and O–H groups in total. The lowest BCUT2D eigenvalue weighted by atomic mass is 10.2. The Labute approximate surface area is 181 Å². The van der Waals surface area contributed by atoms with Gasteiger partial charge in [0, 0.05) is 19.6 Å². The van der Waals surface area contributed by atoms with E-state index in [1.807, 2.05) is 48.5 Å². The summed E-state index contributed by atoms with van der Waals surface area (Å²) in [5.41, 5.74) is 1.66. The quantitative estimate of drug-likeness (QED) is 0.400. The van der Waals surface area contributed by atoms with Gasteiger partial charge in [0.05, 0.1) is 16.7 Å². The molecule has 1 aromatic heterocycles. The average Bonchev–Trinajstić information content (AvgIpc) is 2.79. The van der Waals surface area contributed by atoms with Gasteiger partial charge in [-0.15, -0.1) is 0 Å². The number of hydrogen-bond donors (Lipinski definition) is 1. The zero-order chi connectivity index (χ0) is 21.3. The SMILES string of the molecule is CCN(CC)CCn1c(SCC(=O)NCc2ccccc2)nc2ccccc2c1=O. The van der Waals surface area contributed by atoms with Crippen molar-refractivity contribution in [2.24, 2.45) is 0 Å². The van der Waals surface area contributed by atoms with Crippen molar-refractivity contribution < 1.29 is 4.79 Å². The number of likely N-dealkylation sites (N-methyl/N-ethyl adjacent to an activating group) is 1. The summed E-state index contributed by atoms with van der Waals surface area (Å²) in [7, 11) is 0. The molecule has 0 unspecified atom stereocenters. The summed E-state index contributed by atoms with van der Waals surface area (Å²) in [6.07, 6.45) is 0. The predicted molar refractivity (Wildman–Crippen MR) is 123 cm³/mol. The minimum Gasteiger partial charge on any atom is -0.351 e. The monoisotopic (exact) mass is 424 g/mol. The van der Waals surface area contributed by atoms with E-state index in [2.05, 4.69) is 29.0 Å². The summed E-state index contributed by atoms with van der Waals surface area (Å²) < 4.78 is 1.70. The second-order valence-corrected chi connectivity index (χ2v) is 7.89. The highest BCUT2D eigenvalue weighted by molar-refractivity contribution is 7.99. The number of carbonyl (C=O) groups excluding carboxylic acids is 1. The van der Waals surface area contributed by atoms with E-state index in [1.54, 1.807) is 10.6 Å². The van der Waals surface area contributed by atoms with E-state index in [4.69, 9.17) is 0 Å². The highest BCUT2D eigenvalue weighted by atomic mass is 32.2. The number of thioether (sulfide) groups is 1. The van der Waals surface area contributed by atoms with Gasteiger partial charge in [0.2, 0.25) is 5.91 Å². The van der Waals surface area contributed by atoms with Crippen LogP contribution in [0.25, 0.3) is 10.9 Å². The molecule has 0 atom stereocenters. The number of para-hydroxylation sites is 1. The Morgan fingerprint density at radius 3 is 2.50 bits per heavy atom. The van der Waals surface area contributed by atoms with Crippen molar-refractivity contribution in [1.29, 1.82) is 0 Å². The van der Waals surface area contributed by atoms with Crippen LogP contribution in [-0.2, 0) is 17.9 Å². The van der Waals surface area contributed by atoms with E-state index in [0.29, 0.717) is 29.1 Å². The first-order valence-electron chi connectivity index (χ1n) is 10.3. The normalized spacial score (nSPS) is 11.2. The zero-order valence-electron chi connectivity index (χ0n) is 17.5. The van der Waals surface area contributed by atoms with Crippen molar-refractivity contribution in [3.8, 4) is 0 Å². The highest BCUT2D eigenvalue weighted by Crippen LogP contribution is 2.18. The summed E-state index contributed by atoms with van der Waals surface area (Å²) in [6, 6.07) is 17.2. The van der Waals surface area contributed by atoms with Crippen LogP contribution in [0.4, 0.5) is 0 Å². The number of amides is 1. The van der Waals surface area contributed by atoms with Crippen LogP contribution in [0.3, 0.4) is 0 Å². The van der Waals surface area contributed by atoms with Crippen molar-refractivity contribution in [1.82, 2.24) is 19.8 Å². The molecule has 158 valence electrons. The number of fused-ring (bicyclic) bond motifs is 1. The standard InChI is InChI=1S/C23H28N4O2S/c1-3-26(4-2)14-15-27-22(29)19-12-8-9-13-20(19)25-23(27)30-17-21(28)24-16-18-10-6-5-7-11-18/h5-13H,3-4,14-17H2,1-2H3,(H,24,28). The van der Waals surface area contributed by atoms with Gasteiger partial charge in [-0.05, 0) is 30.8 Å². The Morgan fingerprint density at radius 1 is 1.07 bits per heavy atom. The zero-order valence-corrected chi connectivity index (χ0v) is 18.3. The van der Waals surface area contributed by atoms with E-state index in [1.165, 1.54) is 11.8 Å². The minimum atomic E-state index is -0.0819. The highest BCUT2D eigenvalue weighted by Gasteiger charge is 2.14. The smallest absolute Gasteiger partial charge is 0.262 e. The maximum Gasteiger partial charge on any atom is 0.262 e. The number of aromatic nitrogens is 2. The molecule has 0 aliphatic carbocycles. The Morgan fingerprint density at radius 2 is 1.77 bits per heavy atom. The lowest BCUT2D eigenvalue weighted by Crippen LogP contribution is -2.32. The first-order valence-corrected chi connectivity index (χ1v) is 11.3. The van der Waals surface area contributed by atoms with Gasteiger partial charge in [-0.1, -0.05) is 68.1 Å². The molecule has 30 heavy (non-hydrogen) atoms. The number of rotatable bonds is 10. The minimum absolute atomic E-state index is 0.0556. The van der Waals surface area contributed by atoms with E-state index in [0.717, 1.165) is 25.2 Å². The molecule has 3 rings (SSSR count). The van der Waals surface area contributed by atoms with Gasteiger partial charge < -0.3 is 10.2 Å². The molecule has 0 bridgehead atoms. The van der Waals surface area contributed by atoms with Crippen LogP contribution in [0.15, 0.2) is 64.5 Å². The molecule has 0 saturated heterocycles. The number of nitrogens with one attached hydrogen (secondary N) is 1. The second kappa shape index (κ2) is 10.9. The van der Waals surface area contributed by atoms with Crippen LogP contribution < -0.4 is 10.9 Å². The fraction of sp³-hybridized carbons (Fsp3) is 0.348. The lowest BCUT2D eigenvalue weighted by molar-refractivity contribution is -0.118. The van der Waals surface area contributed by atoms with Gasteiger partial charge in [0.25, 0.3) is 5.56 Å². The van der Waals surface area contributed by atoms with Gasteiger partial charge >= 0.3 is 0 Å². The van der Waals surface area contributed by atoms with Gasteiger partial charge in [0.1, 0.15) is 0 Å². The van der Waals surface area contributed by atoms with E-state index < -0.39 is 0 Å². The average molecular weight is 425 g/mol. The first kappa shape index (κ1) is 22.1. The number of nitrogens with zero attached hydrogens (tertiary/aromatic N) is 3. The number of hydrogen-bond acceptors (Lipinski definition) is 5. The number of carbonyl (C=O) groups is 1. The van der Waals surface area contributed by atoms with Crippen molar-refractivity contribution in [2.75, 3.05) is 25.4 Å². The Balaban J connectivity index is 1.74. The molecule has 0 radical (unpaired) electrons. The van der Waals surface area contributed by atoms with Crippen molar-refractivity contribution >= 4 is 28.6 Å². The van der Waals surface area contributed by atoms with E-state index in [-0.39, 0.29) is 17.2 Å². The molecule has 3 aromatic rings. The van der Waals surface area contributed by atoms with Crippen LogP contribution in [0.5, 0.6) is 0 Å². The molecular weight excluding hydrogens is 396 g/mol. The summed E-state index contributed by atoms with van der Waals surface area (Å²) in [5.74, 6) is 0.129. The first-order chi connectivity index (χ1) is 14.6.